The maximum atomic E-state index is 11.8. The van der Waals surface area contributed by atoms with E-state index in [1.165, 1.54) is 0 Å². The van der Waals surface area contributed by atoms with Gasteiger partial charge in [0, 0.05) is 6.54 Å². The third-order valence-electron chi connectivity index (χ3n) is 2.67. The number of ether oxygens (including phenoxy) is 1. The molecule has 1 aliphatic rings. The topological polar surface area (TPSA) is 67.4 Å². The van der Waals surface area contributed by atoms with E-state index in [9.17, 15) is 9.59 Å². The minimum absolute atomic E-state index is 0.0226. The molecule has 0 spiro atoms. The van der Waals surface area contributed by atoms with Crippen molar-refractivity contribution >= 4 is 11.9 Å². The molecule has 1 unspecified atom stereocenters. The summed E-state index contributed by atoms with van der Waals surface area (Å²) in [6.07, 6.45) is 1.89. The van der Waals surface area contributed by atoms with Crippen molar-refractivity contribution in [3.63, 3.8) is 0 Å². The predicted octanol–water partition coefficient (Wildman–Crippen LogP) is 0.0538. The summed E-state index contributed by atoms with van der Waals surface area (Å²) in [6.45, 7) is 5.40. The molecular formula is C11H20N2O3. The van der Waals surface area contributed by atoms with Crippen LogP contribution >= 0.6 is 0 Å². The minimum atomic E-state index is -0.561. The number of esters is 1. The first-order valence-corrected chi connectivity index (χ1v) is 5.83. The summed E-state index contributed by atoms with van der Waals surface area (Å²) in [5.74, 6) is -0.460. The van der Waals surface area contributed by atoms with E-state index in [-0.39, 0.29) is 17.8 Å². The van der Waals surface area contributed by atoms with Gasteiger partial charge in [0.15, 0.2) is 0 Å². The van der Waals surface area contributed by atoms with E-state index < -0.39 is 6.04 Å². The van der Waals surface area contributed by atoms with E-state index in [1.54, 1.807) is 13.8 Å². The Morgan fingerprint density at radius 2 is 2.31 bits per heavy atom. The Morgan fingerprint density at radius 1 is 1.56 bits per heavy atom. The van der Waals surface area contributed by atoms with Gasteiger partial charge in [-0.3, -0.25) is 4.79 Å². The van der Waals surface area contributed by atoms with Gasteiger partial charge in [-0.05, 0) is 33.2 Å². The lowest BCUT2D eigenvalue weighted by atomic mass is 9.98. The molecule has 0 saturated carbocycles. The second-order valence-corrected chi connectivity index (χ2v) is 4.03. The van der Waals surface area contributed by atoms with Crippen LogP contribution in [0.25, 0.3) is 0 Å². The molecular weight excluding hydrogens is 208 g/mol. The predicted molar refractivity (Wildman–Crippen MR) is 59.8 cm³/mol. The van der Waals surface area contributed by atoms with Crippen molar-refractivity contribution in [1.29, 1.82) is 0 Å². The van der Waals surface area contributed by atoms with Crippen LogP contribution in [0.1, 0.15) is 26.7 Å². The largest absolute Gasteiger partial charge is 0.464 e. The number of carbonyl (C=O) groups excluding carboxylic acids is 2. The molecule has 1 heterocycles. The molecule has 92 valence electrons. The fourth-order valence-electron chi connectivity index (χ4n) is 1.73. The van der Waals surface area contributed by atoms with E-state index in [0.717, 1.165) is 19.4 Å². The van der Waals surface area contributed by atoms with Crippen molar-refractivity contribution in [3.8, 4) is 0 Å². The van der Waals surface area contributed by atoms with Crippen molar-refractivity contribution in [2.24, 2.45) is 5.92 Å². The van der Waals surface area contributed by atoms with E-state index in [4.69, 9.17) is 4.74 Å². The number of piperidine rings is 1. The summed E-state index contributed by atoms with van der Waals surface area (Å²) in [5, 5.41) is 5.85. The highest BCUT2D eigenvalue weighted by Crippen LogP contribution is 2.10. The monoisotopic (exact) mass is 228 g/mol. The van der Waals surface area contributed by atoms with Gasteiger partial charge in [0.2, 0.25) is 5.91 Å². The summed E-state index contributed by atoms with van der Waals surface area (Å²) < 4.78 is 4.82. The highest BCUT2D eigenvalue weighted by molar-refractivity contribution is 5.85. The molecule has 0 aliphatic carbocycles. The van der Waals surface area contributed by atoms with Crippen molar-refractivity contribution in [3.05, 3.63) is 0 Å². The van der Waals surface area contributed by atoms with Gasteiger partial charge in [-0.25, -0.2) is 4.79 Å². The summed E-state index contributed by atoms with van der Waals surface area (Å²) in [5.41, 5.74) is 0. The van der Waals surface area contributed by atoms with Crippen molar-refractivity contribution in [2.45, 2.75) is 32.7 Å². The Kier molecular flexibility index (Phi) is 5.25. The fourth-order valence-corrected chi connectivity index (χ4v) is 1.73. The fraction of sp³-hybridized carbons (Fsp3) is 0.818. The Morgan fingerprint density at radius 3 is 2.88 bits per heavy atom. The Labute approximate surface area is 95.9 Å². The summed E-state index contributed by atoms with van der Waals surface area (Å²) in [6, 6.07) is -0.561. The number of amides is 1. The van der Waals surface area contributed by atoms with Crippen LogP contribution in [-0.2, 0) is 14.3 Å². The van der Waals surface area contributed by atoms with Crippen molar-refractivity contribution in [2.75, 3.05) is 19.7 Å². The van der Waals surface area contributed by atoms with E-state index in [0.29, 0.717) is 13.2 Å². The van der Waals surface area contributed by atoms with E-state index >= 15 is 0 Å². The number of rotatable bonds is 4. The third kappa shape index (κ3) is 3.81. The Bertz CT molecular complexity index is 250. The van der Waals surface area contributed by atoms with Gasteiger partial charge in [0.25, 0.3) is 0 Å². The molecule has 2 atom stereocenters. The zero-order valence-electron chi connectivity index (χ0n) is 9.91. The Hall–Kier alpha value is -1.10. The molecule has 1 amide bonds. The first-order valence-electron chi connectivity index (χ1n) is 5.83. The van der Waals surface area contributed by atoms with Crippen LogP contribution in [0, 0.1) is 5.92 Å². The van der Waals surface area contributed by atoms with Crippen LogP contribution in [0.5, 0.6) is 0 Å². The molecule has 5 nitrogen and oxygen atoms in total. The normalized spacial score (nSPS) is 22.2. The lowest BCUT2D eigenvalue weighted by Crippen LogP contribution is -2.46. The minimum Gasteiger partial charge on any atom is -0.464 e. The van der Waals surface area contributed by atoms with Gasteiger partial charge in [0.1, 0.15) is 6.04 Å². The molecule has 16 heavy (non-hydrogen) atoms. The highest BCUT2D eigenvalue weighted by atomic mass is 16.5. The first kappa shape index (κ1) is 13.0. The van der Waals surface area contributed by atoms with Crippen molar-refractivity contribution < 1.29 is 14.3 Å². The van der Waals surface area contributed by atoms with Crippen molar-refractivity contribution in [1.82, 2.24) is 10.6 Å². The maximum absolute atomic E-state index is 11.8. The molecule has 1 aliphatic heterocycles. The second-order valence-electron chi connectivity index (χ2n) is 4.03. The van der Waals surface area contributed by atoms with Gasteiger partial charge in [0.05, 0.1) is 12.5 Å². The molecule has 0 bridgehead atoms. The molecule has 1 fully saturated rings. The van der Waals surface area contributed by atoms with E-state index in [2.05, 4.69) is 10.6 Å². The van der Waals surface area contributed by atoms with Gasteiger partial charge in [-0.2, -0.15) is 0 Å². The molecule has 5 heteroatoms. The van der Waals surface area contributed by atoms with Crippen LogP contribution in [0.15, 0.2) is 0 Å². The van der Waals surface area contributed by atoms with Gasteiger partial charge < -0.3 is 15.4 Å². The van der Waals surface area contributed by atoms with Crippen LogP contribution in [0.3, 0.4) is 0 Å². The SMILES string of the molecule is CCOC(=O)C(C)NC(=O)[C@@H]1CCCNC1. The highest BCUT2D eigenvalue weighted by Gasteiger charge is 2.24. The molecule has 1 rings (SSSR count). The summed E-state index contributed by atoms with van der Waals surface area (Å²) in [7, 11) is 0. The van der Waals surface area contributed by atoms with Crippen LogP contribution in [-0.4, -0.2) is 37.6 Å². The van der Waals surface area contributed by atoms with E-state index in [1.807, 2.05) is 0 Å². The lowest BCUT2D eigenvalue weighted by molar-refractivity contribution is -0.147. The molecule has 0 radical (unpaired) electrons. The van der Waals surface area contributed by atoms with Crippen LogP contribution < -0.4 is 10.6 Å². The summed E-state index contributed by atoms with van der Waals surface area (Å²) in [4.78, 5) is 23.1. The number of hydrogen-bond donors (Lipinski definition) is 2. The van der Waals surface area contributed by atoms with Crippen LogP contribution in [0.4, 0.5) is 0 Å². The second kappa shape index (κ2) is 6.48. The molecule has 0 aromatic rings. The smallest absolute Gasteiger partial charge is 0.328 e. The quantitative estimate of drug-likeness (QED) is 0.667. The lowest BCUT2D eigenvalue weighted by Gasteiger charge is -2.23. The number of carbonyl (C=O) groups is 2. The molecule has 0 aromatic heterocycles. The number of nitrogens with one attached hydrogen (secondary N) is 2. The maximum Gasteiger partial charge on any atom is 0.328 e. The number of hydrogen-bond acceptors (Lipinski definition) is 4. The standard InChI is InChI=1S/C11H20N2O3/c1-3-16-11(15)8(2)13-10(14)9-5-4-6-12-7-9/h8-9,12H,3-7H2,1-2H3,(H,13,14)/t8?,9-/m1/s1. The summed E-state index contributed by atoms with van der Waals surface area (Å²) >= 11 is 0. The zero-order chi connectivity index (χ0) is 12.0. The Balaban J connectivity index is 2.34. The van der Waals surface area contributed by atoms with Crippen LogP contribution in [0.2, 0.25) is 0 Å². The van der Waals surface area contributed by atoms with Gasteiger partial charge >= 0.3 is 5.97 Å². The zero-order valence-corrected chi connectivity index (χ0v) is 9.91. The molecule has 1 saturated heterocycles. The third-order valence-corrected chi connectivity index (χ3v) is 2.67. The first-order chi connectivity index (χ1) is 7.65. The van der Waals surface area contributed by atoms with Gasteiger partial charge in [-0.15, -0.1) is 0 Å². The average Bonchev–Trinajstić information content (AvgIpc) is 2.30. The molecule has 0 aromatic carbocycles. The average molecular weight is 228 g/mol. The van der Waals surface area contributed by atoms with Gasteiger partial charge in [-0.1, -0.05) is 0 Å². The molecule has 2 N–H and O–H groups in total.